The molecular weight excluding hydrogens is 687 g/mol. The molecule has 0 spiro atoms. The molecule has 2 aliphatic heterocycles. The molecule has 2 amide bonds. The van der Waals surface area contributed by atoms with E-state index in [0.29, 0.717) is 63.4 Å². The molecule has 0 aliphatic carbocycles. The van der Waals surface area contributed by atoms with Crippen LogP contribution in [0.4, 0.5) is 0 Å². The first-order valence-corrected chi connectivity index (χ1v) is 16.5. The number of esters is 1. The number of nitrogens with zero attached hydrogens (tertiary/aromatic N) is 2. The second-order valence-corrected chi connectivity index (χ2v) is 12.4. The molecule has 2 N–H and O–H groups in total. The number of carbonyl (C=O) groups is 3. The van der Waals surface area contributed by atoms with Crippen molar-refractivity contribution >= 4 is 63.7 Å². The van der Waals surface area contributed by atoms with Gasteiger partial charge in [0, 0.05) is 28.5 Å². The predicted molar refractivity (Wildman–Crippen MR) is 180 cm³/mol. The Kier molecular flexibility index (Phi) is 12.1. The lowest BCUT2D eigenvalue weighted by Crippen LogP contribution is -2.71. The zero-order valence-electron chi connectivity index (χ0n) is 25.8. The summed E-state index contributed by atoms with van der Waals surface area (Å²) in [6.07, 6.45) is 1.42. The molecule has 1 saturated heterocycles. The van der Waals surface area contributed by atoms with E-state index < -0.39 is 34.8 Å². The Labute approximate surface area is 289 Å². The number of hydrogen-bond donors (Lipinski definition) is 2. The number of aromatic nitrogens is 2. The molecule has 3 aromatic rings. The Hall–Kier alpha value is -3.92. The summed E-state index contributed by atoms with van der Waals surface area (Å²) in [5, 5.41) is 3.24. The van der Waals surface area contributed by atoms with Gasteiger partial charge in [0.1, 0.15) is 48.5 Å². The fraction of sp³-hybridized carbons (Fsp3) is 0.344. The van der Waals surface area contributed by atoms with Gasteiger partial charge in [0.2, 0.25) is 5.91 Å². The van der Waals surface area contributed by atoms with Crippen molar-refractivity contribution < 1.29 is 38.1 Å². The van der Waals surface area contributed by atoms with E-state index >= 15 is 0 Å². The Morgan fingerprint density at radius 3 is 2.65 bits per heavy atom. The van der Waals surface area contributed by atoms with Gasteiger partial charge in [-0.15, -0.1) is 11.8 Å². The zero-order chi connectivity index (χ0) is 34.2. The predicted octanol–water partition coefficient (Wildman–Crippen LogP) is 3.34. The number of rotatable bonds is 16. The van der Waals surface area contributed by atoms with Crippen LogP contribution < -0.4 is 15.6 Å². The highest BCUT2D eigenvalue weighted by Gasteiger charge is 2.54. The van der Waals surface area contributed by atoms with Crippen LogP contribution in [-0.2, 0) is 33.3 Å². The third kappa shape index (κ3) is 8.20. The molecule has 0 bridgehead atoms. The summed E-state index contributed by atoms with van der Waals surface area (Å²) in [6.45, 7) is 4.49. The van der Waals surface area contributed by atoms with Gasteiger partial charge in [-0.2, -0.15) is 0 Å². The molecule has 0 radical (unpaired) electrons. The Balaban J connectivity index is 1.31. The summed E-state index contributed by atoms with van der Waals surface area (Å²) in [4.78, 5) is 60.6. The summed E-state index contributed by atoms with van der Waals surface area (Å²) < 4.78 is 27.0. The van der Waals surface area contributed by atoms with E-state index in [1.165, 1.54) is 28.8 Å². The fourth-order valence-electron chi connectivity index (χ4n) is 4.94. The van der Waals surface area contributed by atoms with E-state index in [-0.39, 0.29) is 37.9 Å². The first-order chi connectivity index (χ1) is 23.2. The van der Waals surface area contributed by atoms with Crippen LogP contribution in [0, 0.1) is 0 Å². The van der Waals surface area contributed by atoms with Gasteiger partial charge in [0.25, 0.3) is 11.5 Å². The smallest absolute Gasteiger partial charge is 0.355 e. The Morgan fingerprint density at radius 2 is 1.85 bits per heavy atom. The van der Waals surface area contributed by atoms with Crippen molar-refractivity contribution in [2.75, 3.05) is 59.1 Å². The Bertz CT molecular complexity index is 1800. The van der Waals surface area contributed by atoms with Gasteiger partial charge in [0.15, 0.2) is 0 Å². The molecule has 254 valence electrons. The van der Waals surface area contributed by atoms with Crippen LogP contribution in [0.5, 0.6) is 5.75 Å². The van der Waals surface area contributed by atoms with Crippen LogP contribution in [0.1, 0.15) is 0 Å². The van der Waals surface area contributed by atoms with Crippen LogP contribution >= 0.6 is 35.0 Å². The molecule has 16 heteroatoms. The van der Waals surface area contributed by atoms with Gasteiger partial charge in [-0.25, -0.2) is 9.78 Å². The second-order valence-electron chi connectivity index (χ2n) is 10.5. The van der Waals surface area contributed by atoms with E-state index in [1.807, 2.05) is 0 Å². The standard InChI is InChI=1S/C32H32Cl2N4O9S/c1-3-8-46-32(42)27-18(17-48-31-26(30(41)38(27)31)36-25(39)16-45-12-11-44-10-9-43-2)15-47-24-7-5-20(34)14-22(24)28-35-23-6-4-19(33)13-21(23)29(40)37-28/h3-7,13-14,26,31H,1,8-12,15-17H2,2H3,(H,36,39)(H,35,37,40)/t26-,31?/m1/s1. The highest BCUT2D eigenvalue weighted by Crippen LogP contribution is 2.41. The third-order valence-electron chi connectivity index (χ3n) is 7.19. The number of carbonyl (C=O) groups excluding carboxylic acids is 3. The van der Waals surface area contributed by atoms with Crippen molar-refractivity contribution in [2.45, 2.75) is 11.4 Å². The minimum absolute atomic E-state index is 0.0326. The first-order valence-electron chi connectivity index (χ1n) is 14.7. The minimum Gasteiger partial charge on any atom is -0.488 e. The molecule has 3 heterocycles. The lowest BCUT2D eigenvalue weighted by atomic mass is 10.0. The molecule has 2 aliphatic rings. The maximum Gasteiger partial charge on any atom is 0.355 e. The van der Waals surface area contributed by atoms with Crippen LogP contribution in [0.2, 0.25) is 10.0 Å². The van der Waals surface area contributed by atoms with Crippen molar-refractivity contribution in [2.24, 2.45) is 0 Å². The molecule has 1 unspecified atom stereocenters. The summed E-state index contributed by atoms with van der Waals surface area (Å²) in [6, 6.07) is 8.76. The number of hydrogen-bond acceptors (Lipinski definition) is 11. The summed E-state index contributed by atoms with van der Waals surface area (Å²) >= 11 is 13.7. The summed E-state index contributed by atoms with van der Waals surface area (Å²) in [5.74, 6) is -0.856. The summed E-state index contributed by atoms with van der Waals surface area (Å²) in [5.41, 5.74) is 0.941. The maximum absolute atomic E-state index is 13.3. The number of benzene rings is 2. The number of halogens is 2. The van der Waals surface area contributed by atoms with Crippen molar-refractivity contribution in [3.8, 4) is 17.1 Å². The molecule has 13 nitrogen and oxygen atoms in total. The minimum atomic E-state index is -0.859. The average Bonchev–Trinajstić information content (AvgIpc) is 3.08. The molecule has 48 heavy (non-hydrogen) atoms. The second kappa shape index (κ2) is 16.5. The van der Waals surface area contributed by atoms with Gasteiger partial charge < -0.3 is 34.0 Å². The van der Waals surface area contributed by atoms with Gasteiger partial charge >= 0.3 is 5.97 Å². The van der Waals surface area contributed by atoms with Gasteiger partial charge in [-0.1, -0.05) is 35.9 Å². The zero-order valence-corrected chi connectivity index (χ0v) is 28.1. The molecule has 5 rings (SSSR count). The fourth-order valence-corrected chi connectivity index (χ4v) is 6.62. The van der Waals surface area contributed by atoms with Crippen molar-refractivity contribution in [3.63, 3.8) is 0 Å². The van der Waals surface area contributed by atoms with Gasteiger partial charge in [-0.05, 0) is 36.4 Å². The number of fused-ring (bicyclic) bond motifs is 2. The third-order valence-corrected chi connectivity index (χ3v) is 9.00. The van der Waals surface area contributed by atoms with E-state index in [2.05, 4.69) is 21.9 Å². The number of H-pyrrole nitrogens is 1. The number of aromatic amines is 1. The number of amides is 2. The van der Waals surface area contributed by atoms with Crippen LogP contribution in [0.25, 0.3) is 22.3 Å². The Morgan fingerprint density at radius 1 is 1.10 bits per heavy atom. The molecule has 2 aromatic carbocycles. The van der Waals surface area contributed by atoms with Gasteiger partial charge in [-0.3, -0.25) is 19.3 Å². The first kappa shape index (κ1) is 35.4. The largest absolute Gasteiger partial charge is 0.488 e. The van der Waals surface area contributed by atoms with Crippen molar-refractivity contribution in [3.05, 3.63) is 80.7 Å². The molecule has 2 atom stereocenters. The highest BCUT2D eigenvalue weighted by atomic mass is 35.5. The van der Waals surface area contributed by atoms with Crippen LogP contribution in [0.3, 0.4) is 0 Å². The number of nitrogens with one attached hydrogen (secondary N) is 2. The van der Waals surface area contributed by atoms with E-state index in [0.717, 1.165) is 0 Å². The van der Waals surface area contributed by atoms with Crippen LogP contribution in [0.15, 0.2) is 65.1 Å². The number of thioether (sulfide) groups is 1. The highest BCUT2D eigenvalue weighted by molar-refractivity contribution is 8.00. The van der Waals surface area contributed by atoms with Crippen molar-refractivity contribution in [1.29, 1.82) is 0 Å². The number of β-lactam (4-membered cyclic amide) rings is 1. The lowest BCUT2D eigenvalue weighted by molar-refractivity contribution is -0.153. The topological polar surface area (TPSA) is 158 Å². The van der Waals surface area contributed by atoms with Gasteiger partial charge in [0.05, 0.1) is 42.9 Å². The molecule has 1 aromatic heterocycles. The normalized spacial score (nSPS) is 17.1. The molecular formula is C32H32Cl2N4O9S. The van der Waals surface area contributed by atoms with E-state index in [9.17, 15) is 19.2 Å². The van der Waals surface area contributed by atoms with Crippen molar-refractivity contribution in [1.82, 2.24) is 20.2 Å². The molecule has 0 saturated carbocycles. The number of methoxy groups -OCH3 is 1. The van der Waals surface area contributed by atoms with Crippen LogP contribution in [-0.4, -0.2) is 103 Å². The maximum atomic E-state index is 13.3. The SMILES string of the molecule is C=CCOC(=O)C1=C(COc2ccc(Cl)cc2-c2nc3ccc(Cl)cc3c(=O)[nH]2)CSC2[C@H](NC(=O)COCCOCCOC)C(=O)N12. The monoisotopic (exact) mass is 718 g/mol. The van der Waals surface area contributed by atoms with E-state index in [4.69, 9.17) is 46.9 Å². The van der Waals surface area contributed by atoms with E-state index in [1.54, 1.807) is 37.4 Å². The lowest BCUT2D eigenvalue weighted by Gasteiger charge is -2.49. The summed E-state index contributed by atoms with van der Waals surface area (Å²) in [7, 11) is 1.57. The molecule has 1 fully saturated rings. The quantitative estimate of drug-likeness (QED) is 0.0969. The number of ether oxygens (including phenoxy) is 5. The average molecular weight is 720 g/mol.